The van der Waals surface area contributed by atoms with Crippen LogP contribution in [0.15, 0.2) is 53.4 Å². The van der Waals surface area contributed by atoms with Crippen molar-refractivity contribution in [1.29, 1.82) is 0 Å². The second-order valence-electron chi connectivity index (χ2n) is 6.84. The minimum Gasteiger partial charge on any atom is -0.465 e. The fraction of sp³-hybridized carbons (Fsp3) is 0.381. The van der Waals surface area contributed by atoms with Gasteiger partial charge in [-0.25, -0.2) is 13.2 Å². The standard InChI is InChI=1S/C21H26N2O5S/c1-17-16-18(21(24)27-2)8-9-20(17)29(25,26)23(19-6-4-3-5-7-19)11-10-22-12-14-28-15-13-22/h3-9,16H,10-15H2,1-2H3. The summed E-state index contributed by atoms with van der Waals surface area (Å²) in [6.07, 6.45) is 0. The van der Waals surface area contributed by atoms with E-state index in [9.17, 15) is 13.2 Å². The van der Waals surface area contributed by atoms with Crippen LogP contribution in [0.25, 0.3) is 0 Å². The molecule has 0 spiro atoms. The molecule has 0 unspecified atom stereocenters. The molecule has 8 heteroatoms. The second-order valence-corrected chi connectivity index (χ2v) is 8.67. The Morgan fingerprint density at radius 2 is 1.83 bits per heavy atom. The number of nitrogens with zero attached hydrogens (tertiary/aromatic N) is 2. The van der Waals surface area contributed by atoms with Crippen molar-refractivity contribution in [1.82, 2.24) is 4.90 Å². The summed E-state index contributed by atoms with van der Waals surface area (Å²) < 4.78 is 38.6. The van der Waals surface area contributed by atoms with Gasteiger partial charge in [-0.05, 0) is 42.8 Å². The summed E-state index contributed by atoms with van der Waals surface area (Å²) in [5.74, 6) is -0.496. The Hall–Kier alpha value is -2.42. The minimum atomic E-state index is -3.81. The lowest BCUT2D eigenvalue weighted by Gasteiger charge is -2.31. The van der Waals surface area contributed by atoms with Crippen LogP contribution in [-0.2, 0) is 19.5 Å². The first-order chi connectivity index (χ1) is 13.9. The fourth-order valence-electron chi connectivity index (χ4n) is 3.34. The maximum atomic E-state index is 13.5. The monoisotopic (exact) mass is 418 g/mol. The Bertz CT molecular complexity index is 941. The quantitative estimate of drug-likeness (QED) is 0.643. The smallest absolute Gasteiger partial charge is 0.337 e. The number of anilines is 1. The highest BCUT2D eigenvalue weighted by Gasteiger charge is 2.27. The highest BCUT2D eigenvalue weighted by molar-refractivity contribution is 7.92. The number of esters is 1. The molecule has 2 aromatic carbocycles. The molecule has 156 valence electrons. The van der Waals surface area contributed by atoms with E-state index in [2.05, 4.69) is 4.90 Å². The maximum absolute atomic E-state index is 13.5. The molecular formula is C21H26N2O5S. The predicted molar refractivity (Wildman–Crippen MR) is 111 cm³/mol. The van der Waals surface area contributed by atoms with E-state index >= 15 is 0 Å². The zero-order valence-electron chi connectivity index (χ0n) is 16.7. The zero-order chi connectivity index (χ0) is 20.9. The van der Waals surface area contributed by atoms with Crippen LogP contribution >= 0.6 is 0 Å². The molecule has 1 aliphatic rings. The highest BCUT2D eigenvalue weighted by Crippen LogP contribution is 2.26. The van der Waals surface area contributed by atoms with Gasteiger partial charge in [0.1, 0.15) is 0 Å². The van der Waals surface area contributed by atoms with Crippen LogP contribution in [0.3, 0.4) is 0 Å². The third-order valence-corrected chi connectivity index (χ3v) is 6.92. The number of ether oxygens (including phenoxy) is 2. The molecule has 3 rings (SSSR count). The van der Waals surface area contributed by atoms with Crippen molar-refractivity contribution in [2.75, 3.05) is 50.8 Å². The molecule has 1 saturated heterocycles. The number of rotatable bonds is 7. The number of carbonyl (C=O) groups is 1. The minimum absolute atomic E-state index is 0.177. The van der Waals surface area contributed by atoms with Crippen molar-refractivity contribution in [3.8, 4) is 0 Å². The summed E-state index contributed by atoms with van der Waals surface area (Å²) >= 11 is 0. The van der Waals surface area contributed by atoms with Gasteiger partial charge in [-0.2, -0.15) is 0 Å². The number of aryl methyl sites for hydroxylation is 1. The summed E-state index contributed by atoms with van der Waals surface area (Å²) in [6, 6.07) is 13.6. The van der Waals surface area contributed by atoms with Crippen LogP contribution in [0.4, 0.5) is 5.69 Å². The normalized spacial score (nSPS) is 15.1. The van der Waals surface area contributed by atoms with Crippen LogP contribution in [0.1, 0.15) is 15.9 Å². The van der Waals surface area contributed by atoms with Crippen molar-refractivity contribution in [3.63, 3.8) is 0 Å². The first-order valence-corrected chi connectivity index (χ1v) is 10.9. The van der Waals surface area contributed by atoms with Gasteiger partial charge in [-0.3, -0.25) is 9.21 Å². The molecule has 0 aliphatic carbocycles. The van der Waals surface area contributed by atoms with E-state index in [1.165, 1.54) is 23.5 Å². The molecule has 0 amide bonds. The Balaban J connectivity index is 1.92. The van der Waals surface area contributed by atoms with Crippen molar-refractivity contribution in [2.24, 2.45) is 0 Å². The average molecular weight is 419 g/mol. The van der Waals surface area contributed by atoms with Crippen molar-refractivity contribution >= 4 is 21.7 Å². The molecule has 1 aliphatic heterocycles. The molecule has 0 radical (unpaired) electrons. The van der Waals surface area contributed by atoms with E-state index in [-0.39, 0.29) is 4.90 Å². The first kappa shape index (κ1) is 21.3. The van der Waals surface area contributed by atoms with Crippen molar-refractivity contribution < 1.29 is 22.7 Å². The third kappa shape index (κ3) is 4.95. The van der Waals surface area contributed by atoms with Crippen LogP contribution in [0.2, 0.25) is 0 Å². The Labute approximate surface area is 171 Å². The molecule has 0 N–H and O–H groups in total. The van der Waals surface area contributed by atoms with E-state index in [0.717, 1.165) is 13.1 Å². The van der Waals surface area contributed by atoms with E-state index in [1.54, 1.807) is 25.1 Å². The van der Waals surface area contributed by atoms with Gasteiger partial charge in [-0.15, -0.1) is 0 Å². The molecule has 0 saturated carbocycles. The van der Waals surface area contributed by atoms with Gasteiger partial charge in [0.2, 0.25) is 0 Å². The van der Waals surface area contributed by atoms with E-state index in [1.807, 2.05) is 18.2 Å². The molecule has 1 fully saturated rings. The molecule has 0 atom stereocenters. The van der Waals surface area contributed by atoms with E-state index < -0.39 is 16.0 Å². The van der Waals surface area contributed by atoms with Crippen LogP contribution in [-0.4, -0.2) is 65.8 Å². The first-order valence-electron chi connectivity index (χ1n) is 9.50. The van der Waals surface area contributed by atoms with Gasteiger partial charge in [0, 0.05) is 26.2 Å². The molecule has 7 nitrogen and oxygen atoms in total. The van der Waals surface area contributed by atoms with Gasteiger partial charge < -0.3 is 9.47 Å². The van der Waals surface area contributed by atoms with E-state index in [0.29, 0.717) is 43.1 Å². The summed E-state index contributed by atoms with van der Waals surface area (Å²) in [4.78, 5) is 14.1. The number of hydrogen-bond donors (Lipinski definition) is 0. The number of carbonyl (C=O) groups excluding carboxylic acids is 1. The number of hydrogen-bond acceptors (Lipinski definition) is 6. The summed E-state index contributed by atoms with van der Waals surface area (Å²) in [5, 5.41) is 0. The number of morpholine rings is 1. The van der Waals surface area contributed by atoms with Gasteiger partial charge in [-0.1, -0.05) is 18.2 Å². The number of benzene rings is 2. The number of para-hydroxylation sites is 1. The SMILES string of the molecule is COC(=O)c1ccc(S(=O)(=O)N(CCN2CCOCC2)c2ccccc2)c(C)c1. The summed E-state index contributed by atoms with van der Waals surface area (Å²) in [7, 11) is -2.51. The largest absolute Gasteiger partial charge is 0.465 e. The van der Waals surface area contributed by atoms with E-state index in [4.69, 9.17) is 9.47 Å². The zero-order valence-corrected chi connectivity index (χ0v) is 17.5. The molecule has 0 bridgehead atoms. The predicted octanol–water partition coefficient (Wildman–Crippen LogP) is 2.31. The molecule has 29 heavy (non-hydrogen) atoms. The molecular weight excluding hydrogens is 392 g/mol. The summed E-state index contributed by atoms with van der Waals surface area (Å²) in [6.45, 7) is 5.51. The van der Waals surface area contributed by atoms with Crippen molar-refractivity contribution in [3.05, 3.63) is 59.7 Å². The molecule has 2 aromatic rings. The second kappa shape index (κ2) is 9.39. The average Bonchev–Trinajstić information content (AvgIpc) is 2.74. The lowest BCUT2D eigenvalue weighted by Crippen LogP contribution is -2.43. The van der Waals surface area contributed by atoms with Gasteiger partial charge in [0.25, 0.3) is 10.0 Å². The Morgan fingerprint density at radius 3 is 2.45 bits per heavy atom. The van der Waals surface area contributed by atoms with Gasteiger partial charge in [0.15, 0.2) is 0 Å². The highest BCUT2D eigenvalue weighted by atomic mass is 32.2. The lowest BCUT2D eigenvalue weighted by atomic mass is 10.1. The van der Waals surface area contributed by atoms with Crippen LogP contribution in [0, 0.1) is 6.92 Å². The summed E-state index contributed by atoms with van der Waals surface area (Å²) in [5.41, 5.74) is 1.43. The fourth-order valence-corrected chi connectivity index (χ4v) is 5.01. The Morgan fingerprint density at radius 1 is 1.14 bits per heavy atom. The number of methoxy groups -OCH3 is 1. The maximum Gasteiger partial charge on any atom is 0.337 e. The molecule has 1 heterocycles. The van der Waals surface area contributed by atoms with Crippen molar-refractivity contribution in [2.45, 2.75) is 11.8 Å². The van der Waals surface area contributed by atoms with Crippen LogP contribution in [0.5, 0.6) is 0 Å². The van der Waals surface area contributed by atoms with Gasteiger partial charge >= 0.3 is 5.97 Å². The van der Waals surface area contributed by atoms with Crippen LogP contribution < -0.4 is 4.31 Å². The molecule has 0 aromatic heterocycles. The topological polar surface area (TPSA) is 76.2 Å². The van der Waals surface area contributed by atoms with Gasteiger partial charge in [0.05, 0.1) is 36.5 Å². The Kier molecular flexibility index (Phi) is 6.89. The number of sulfonamides is 1. The lowest BCUT2D eigenvalue weighted by molar-refractivity contribution is 0.0395. The third-order valence-electron chi connectivity index (χ3n) is 4.93.